The third kappa shape index (κ3) is 4.92. The predicted molar refractivity (Wildman–Crippen MR) is 133 cm³/mol. The molecule has 2 fully saturated rings. The molecule has 194 valence electrons. The van der Waals surface area contributed by atoms with Crippen LogP contribution in [-0.4, -0.2) is 83.4 Å². The normalized spacial score (nSPS) is 43.2. The molecule has 3 aromatic rings. The van der Waals surface area contributed by atoms with E-state index in [-0.39, 0.29) is 50.8 Å². The van der Waals surface area contributed by atoms with Gasteiger partial charge in [0.15, 0.2) is 22.1 Å². The van der Waals surface area contributed by atoms with Gasteiger partial charge >= 0.3 is 0 Å². The minimum Gasteiger partial charge on any atom is -0.394 e. The van der Waals surface area contributed by atoms with Crippen LogP contribution in [0.1, 0.15) is 67.0 Å². The molecule has 0 saturated heterocycles. The molecular weight excluding hydrogens is 487 g/mol. The standard InChI is InChI=1S/C24H31FN6O4S/c1-3-8-36-24-27-22(26-16-10-14(16)13-5-4-12(2)15(25)9-13)19-23(28-24)31(30-29-19)17-11-18(35-7-6-32)21(34)20(17)33/h4-5,9,14,16-18,20-21,32-34H,3,6-8,10-11H2,1-2H3,(H,26,27,28)/t14-,16+,17+,18-,20-,21+/m0/s1/i4D,5D,6D2,7D2,9D,11D2,17D,18D,20D,21D. The third-order valence-corrected chi connectivity index (χ3v) is 6.52. The number of aromatic nitrogens is 5. The van der Waals surface area contributed by atoms with Crippen molar-refractivity contribution >= 4 is 28.7 Å². The summed E-state index contributed by atoms with van der Waals surface area (Å²) in [4.78, 5) is 8.64. The molecule has 2 heterocycles. The highest BCUT2D eigenvalue weighted by Gasteiger charge is 2.45. The van der Waals surface area contributed by atoms with E-state index < -0.39 is 73.2 Å². The quantitative estimate of drug-likeness (QED) is 0.227. The van der Waals surface area contributed by atoms with Gasteiger partial charge in [0, 0.05) is 26.8 Å². The number of nitrogens with one attached hydrogen (secondary N) is 1. The number of fused-ring (bicyclic) bond motifs is 1. The summed E-state index contributed by atoms with van der Waals surface area (Å²) in [5, 5.41) is 42.4. The van der Waals surface area contributed by atoms with Crippen LogP contribution in [0.2, 0.25) is 0 Å². The first-order chi connectivity index (χ1) is 22.2. The van der Waals surface area contributed by atoms with Gasteiger partial charge in [0.1, 0.15) is 18.0 Å². The van der Waals surface area contributed by atoms with Gasteiger partial charge in [-0.3, -0.25) is 0 Å². The predicted octanol–water partition coefficient (Wildman–Crippen LogP) is 2.18. The molecule has 10 nitrogen and oxygen atoms in total. The zero-order chi connectivity index (χ0) is 37.1. The van der Waals surface area contributed by atoms with E-state index in [9.17, 15) is 19.7 Å². The fourth-order valence-corrected chi connectivity index (χ4v) is 4.24. The van der Waals surface area contributed by atoms with Crippen LogP contribution in [-0.2, 0) is 4.74 Å². The first-order valence-corrected chi connectivity index (χ1v) is 11.9. The highest BCUT2D eigenvalue weighted by Crippen LogP contribution is 2.44. The number of benzene rings is 1. The summed E-state index contributed by atoms with van der Waals surface area (Å²) in [6.07, 6.45) is -15.8. The first kappa shape index (κ1) is 14.0. The lowest BCUT2D eigenvalue weighted by atomic mass is 10.1. The van der Waals surface area contributed by atoms with E-state index >= 15 is 0 Å². The van der Waals surface area contributed by atoms with E-state index in [1.165, 1.54) is 6.92 Å². The minimum absolute atomic E-state index is 0.0164. The van der Waals surface area contributed by atoms with E-state index in [2.05, 4.69) is 30.3 Å². The van der Waals surface area contributed by atoms with Crippen molar-refractivity contribution in [1.29, 1.82) is 0 Å². The molecule has 2 aliphatic rings. The zero-order valence-corrected chi connectivity index (χ0v) is 19.9. The maximum atomic E-state index is 14.7. The Kier molecular flexibility index (Phi) is 4.09. The van der Waals surface area contributed by atoms with Crippen LogP contribution >= 0.6 is 11.8 Å². The smallest absolute Gasteiger partial charge is 0.191 e. The average Bonchev–Trinajstić information content (AvgIpc) is 3.58. The maximum Gasteiger partial charge on any atom is 0.191 e. The molecule has 0 bridgehead atoms. The fraction of sp³-hybridized carbons (Fsp3) is 0.583. The number of ether oxygens (including phenoxy) is 1. The van der Waals surface area contributed by atoms with Crippen LogP contribution in [0.25, 0.3) is 11.2 Å². The van der Waals surface area contributed by atoms with E-state index in [1.807, 2.05) is 6.92 Å². The largest absolute Gasteiger partial charge is 0.394 e. The lowest BCUT2D eigenvalue weighted by Gasteiger charge is -2.17. The lowest BCUT2D eigenvalue weighted by Crippen LogP contribution is -2.33. The summed E-state index contributed by atoms with van der Waals surface area (Å²) in [6, 6.07) is -5.67. The van der Waals surface area contributed by atoms with E-state index in [0.717, 1.165) is 11.8 Å². The summed E-state index contributed by atoms with van der Waals surface area (Å²) in [5.74, 6) is -1.25. The summed E-state index contributed by atoms with van der Waals surface area (Å²) >= 11 is 1.07. The van der Waals surface area contributed by atoms with Gasteiger partial charge in [-0.2, -0.15) is 0 Å². The minimum atomic E-state index is -4.28. The molecule has 0 radical (unpaired) electrons. The summed E-state index contributed by atoms with van der Waals surface area (Å²) in [5.41, 5.74) is -1.06. The Hall–Kier alpha value is -2.38. The number of anilines is 1. The van der Waals surface area contributed by atoms with Crippen LogP contribution in [0.4, 0.5) is 10.2 Å². The summed E-state index contributed by atoms with van der Waals surface area (Å²) < 4.78 is 126. The Bertz CT molecular complexity index is 1800. The van der Waals surface area contributed by atoms with Crippen molar-refractivity contribution in [3.05, 3.63) is 35.1 Å². The number of hydrogen-bond donors (Lipinski definition) is 4. The molecule has 0 spiro atoms. The van der Waals surface area contributed by atoms with Gasteiger partial charge in [0.05, 0.1) is 40.3 Å². The van der Waals surface area contributed by atoms with Gasteiger partial charge in [0.25, 0.3) is 0 Å². The Labute approximate surface area is 230 Å². The molecule has 6 atom stereocenters. The molecular formula is C24H31FN6O4S. The molecule has 1 aromatic carbocycles. The molecule has 2 aliphatic carbocycles. The lowest BCUT2D eigenvalue weighted by molar-refractivity contribution is -0.0629. The summed E-state index contributed by atoms with van der Waals surface area (Å²) in [6.45, 7) is -4.87. The highest BCUT2D eigenvalue weighted by atomic mass is 32.2. The summed E-state index contributed by atoms with van der Waals surface area (Å²) in [7, 11) is 0. The van der Waals surface area contributed by atoms with Gasteiger partial charge in [-0.1, -0.05) is 36.0 Å². The van der Waals surface area contributed by atoms with E-state index in [0.29, 0.717) is 12.2 Å². The van der Waals surface area contributed by atoms with Crippen LogP contribution in [0.3, 0.4) is 0 Å². The van der Waals surface area contributed by atoms with Crippen molar-refractivity contribution in [2.75, 3.05) is 24.2 Å². The topological polar surface area (TPSA) is 138 Å². The first-order valence-electron chi connectivity index (χ1n) is 17.4. The second-order valence-corrected chi connectivity index (χ2v) is 9.08. The highest BCUT2D eigenvalue weighted by molar-refractivity contribution is 7.99. The number of nitrogens with zero attached hydrogens (tertiary/aromatic N) is 5. The van der Waals surface area contributed by atoms with E-state index in [1.54, 1.807) is 0 Å². The van der Waals surface area contributed by atoms with E-state index in [4.69, 9.17) is 17.8 Å². The second kappa shape index (κ2) is 10.5. The molecule has 0 aliphatic heterocycles. The van der Waals surface area contributed by atoms with Crippen molar-refractivity contribution in [2.24, 2.45) is 0 Å². The second-order valence-electron chi connectivity index (χ2n) is 8.01. The number of aliphatic hydroxyl groups is 3. The van der Waals surface area contributed by atoms with Gasteiger partial charge in [0.2, 0.25) is 0 Å². The third-order valence-electron chi connectivity index (χ3n) is 5.46. The van der Waals surface area contributed by atoms with Gasteiger partial charge < -0.3 is 25.4 Å². The van der Waals surface area contributed by atoms with Gasteiger partial charge in [-0.15, -0.1) is 5.10 Å². The Morgan fingerprint density at radius 2 is 2.22 bits per heavy atom. The zero-order valence-electron chi connectivity index (χ0n) is 32.0. The van der Waals surface area contributed by atoms with Gasteiger partial charge in [-0.25, -0.2) is 19.0 Å². The molecule has 4 N–H and O–H groups in total. The number of rotatable bonds is 10. The number of halogens is 1. The Morgan fingerprint density at radius 3 is 3.00 bits per heavy atom. The van der Waals surface area contributed by atoms with Crippen molar-refractivity contribution in [3.8, 4) is 0 Å². The molecule has 2 aromatic heterocycles. The van der Waals surface area contributed by atoms with Crippen molar-refractivity contribution in [2.45, 2.75) is 74.4 Å². The Morgan fingerprint density at radius 1 is 1.39 bits per heavy atom. The van der Waals surface area contributed by atoms with Crippen LogP contribution < -0.4 is 5.32 Å². The monoisotopic (exact) mass is 531 g/mol. The van der Waals surface area contributed by atoms with Crippen molar-refractivity contribution < 1.29 is 42.3 Å². The molecule has 0 unspecified atom stereocenters. The molecule has 2 saturated carbocycles. The molecule has 5 rings (SSSR count). The SMILES string of the molecule is [2H]c1c([2H])c([C@@H]2C[C@H]2Nc2nc(SCCC)nc3c2nnn3[C@]2([2H])C([2H])([2H])[C@]([2H])(OC([2H])([2H])C([2H])([2H])O)[C@@]([2H])(O)[C@@]2([2H])O)c([2H])c(F)c1C. The van der Waals surface area contributed by atoms with Crippen molar-refractivity contribution in [1.82, 2.24) is 25.0 Å². The van der Waals surface area contributed by atoms with Gasteiger partial charge in [-0.05, 0) is 36.9 Å². The van der Waals surface area contributed by atoms with Crippen LogP contribution in [0, 0.1) is 12.7 Å². The molecule has 12 heteroatoms. The van der Waals surface area contributed by atoms with Crippen molar-refractivity contribution in [3.63, 3.8) is 0 Å². The number of hydrogen-bond acceptors (Lipinski definition) is 10. The van der Waals surface area contributed by atoms with Crippen LogP contribution in [0.15, 0.2) is 23.3 Å². The maximum absolute atomic E-state index is 14.7. The number of thioether (sulfide) groups is 1. The van der Waals surface area contributed by atoms with Crippen LogP contribution in [0.5, 0.6) is 0 Å². The Balaban J connectivity index is 1.64. The molecule has 36 heavy (non-hydrogen) atoms. The average molecular weight is 532 g/mol. The fourth-order valence-electron chi connectivity index (χ4n) is 3.54. The molecule has 0 amide bonds.